The van der Waals surface area contributed by atoms with Gasteiger partial charge in [-0.2, -0.15) is 18.2 Å². The monoisotopic (exact) mass is 699 g/mol. The van der Waals surface area contributed by atoms with Crippen molar-refractivity contribution >= 4 is 17.7 Å². The number of rotatable bonds is 13. The summed E-state index contributed by atoms with van der Waals surface area (Å²) in [5.41, 5.74) is -8.26. The molecule has 1 amide bonds. The molecule has 0 fully saturated rings. The lowest BCUT2D eigenvalue weighted by Crippen LogP contribution is -2.40. The van der Waals surface area contributed by atoms with E-state index in [0.717, 1.165) is 32.9 Å². The van der Waals surface area contributed by atoms with Gasteiger partial charge in [0.1, 0.15) is 12.4 Å². The van der Waals surface area contributed by atoms with E-state index in [1.807, 2.05) is 0 Å². The Morgan fingerprint density at radius 3 is 2.25 bits per heavy atom. The zero-order valence-electron chi connectivity index (χ0n) is 44.7. The normalized spacial score (nSPS) is 24.6. The molecule has 0 saturated carbocycles. The van der Waals surface area contributed by atoms with E-state index >= 15 is 0 Å². The van der Waals surface area contributed by atoms with Crippen molar-refractivity contribution in [1.82, 2.24) is 19.4 Å². The van der Waals surface area contributed by atoms with Crippen molar-refractivity contribution in [2.75, 3.05) is 26.1 Å². The lowest BCUT2D eigenvalue weighted by Gasteiger charge is -2.28. The van der Waals surface area contributed by atoms with Crippen LogP contribution >= 0.6 is 11.8 Å². The van der Waals surface area contributed by atoms with Gasteiger partial charge < -0.3 is 14.4 Å². The number of alkyl halides is 3. The molecule has 0 saturated heterocycles. The minimum atomic E-state index is -5.41. The van der Waals surface area contributed by atoms with Crippen molar-refractivity contribution < 1.29 is 48.4 Å². The predicted octanol–water partition coefficient (Wildman–Crippen LogP) is 7.47. The third-order valence-electron chi connectivity index (χ3n) is 6.76. The average Bonchev–Trinajstić information content (AvgIpc) is 3.28. The lowest BCUT2D eigenvalue weighted by molar-refractivity contribution is -0.137. The van der Waals surface area contributed by atoms with E-state index in [1.165, 1.54) is 12.1 Å². The lowest BCUT2D eigenvalue weighted by atomic mass is 10.0. The summed E-state index contributed by atoms with van der Waals surface area (Å²) in [5.74, 6) is -5.05. The summed E-state index contributed by atoms with van der Waals surface area (Å²) in [5, 5.41) is -0.499. The number of carbonyl (C=O) groups excluding carboxylic acids is 1. The molecular formula is C37H40F4N4O2S. The van der Waals surface area contributed by atoms with Gasteiger partial charge in [0.25, 0.3) is 5.56 Å². The zero-order valence-corrected chi connectivity index (χ0v) is 26.5. The second-order valence-corrected chi connectivity index (χ2v) is 11.0. The number of hydrogen-bond donors (Lipinski definition) is 0. The number of benzene rings is 3. The number of halogens is 4. The highest BCUT2D eigenvalue weighted by atomic mass is 32.2. The minimum absolute atomic E-state index is 0.151. The molecule has 6 nitrogen and oxygen atoms in total. The van der Waals surface area contributed by atoms with E-state index in [1.54, 1.807) is 0 Å². The first kappa shape index (κ1) is 18.2. The zero-order chi connectivity index (χ0) is 51.3. The Hall–Kier alpha value is -3.96. The molecular weight excluding hydrogens is 640 g/mol. The maximum Gasteiger partial charge on any atom is 0.416 e. The van der Waals surface area contributed by atoms with Crippen LogP contribution in [-0.2, 0) is 42.5 Å². The number of hydrogen-bond acceptors (Lipinski definition) is 5. The van der Waals surface area contributed by atoms with Gasteiger partial charge in [0, 0.05) is 48.9 Å². The van der Waals surface area contributed by atoms with Crippen LogP contribution in [0.2, 0.25) is 0 Å². The molecule has 0 radical (unpaired) electrons. The molecule has 4 aromatic rings. The molecule has 1 aliphatic rings. The van der Waals surface area contributed by atoms with Gasteiger partial charge >= 0.3 is 6.18 Å². The molecule has 48 heavy (non-hydrogen) atoms. The molecule has 0 aliphatic heterocycles. The summed E-state index contributed by atoms with van der Waals surface area (Å²) in [6.45, 7) is -9.30. The number of aromatic nitrogens is 2. The molecule has 11 heteroatoms. The maximum atomic E-state index is 14.9. The molecule has 254 valence electrons. The fraction of sp³-hybridized carbons (Fsp3) is 0.378. The average molecular weight is 700 g/mol. The van der Waals surface area contributed by atoms with Crippen LogP contribution < -0.4 is 5.56 Å². The van der Waals surface area contributed by atoms with E-state index in [2.05, 4.69) is 4.98 Å². The van der Waals surface area contributed by atoms with Gasteiger partial charge in [0.15, 0.2) is 5.16 Å². The van der Waals surface area contributed by atoms with Crippen molar-refractivity contribution in [3.8, 4) is 11.1 Å². The molecule has 5 rings (SSSR count). The summed E-state index contributed by atoms with van der Waals surface area (Å²) >= 11 is 0.662. The van der Waals surface area contributed by atoms with Crippen LogP contribution in [0.4, 0.5) is 17.6 Å². The van der Waals surface area contributed by atoms with Crippen molar-refractivity contribution in [3.05, 3.63) is 117 Å². The van der Waals surface area contributed by atoms with Crippen molar-refractivity contribution in [2.24, 2.45) is 5.89 Å². The molecule has 0 bridgehead atoms. The molecule has 0 spiro atoms. The van der Waals surface area contributed by atoms with E-state index in [0.29, 0.717) is 26.8 Å². The van der Waals surface area contributed by atoms with Gasteiger partial charge in [-0.05, 0) is 78.1 Å². The Morgan fingerprint density at radius 2 is 1.65 bits per heavy atom. The summed E-state index contributed by atoms with van der Waals surface area (Å²) in [7, 11) is 0. The van der Waals surface area contributed by atoms with Crippen LogP contribution in [0.25, 0.3) is 11.1 Å². The number of thioether (sulfide) groups is 1. The van der Waals surface area contributed by atoms with Crippen LogP contribution in [0.1, 0.15) is 74.8 Å². The third-order valence-corrected chi connectivity index (χ3v) is 7.81. The standard InChI is InChI=1S/C37H40F4N4O2S/c1-4-43(5-2)18-19-44(22-26-6-10-28(11-7-26)29-12-14-30(15-13-29)37(39,40)41)34(46)23-45-33-21-25(3)20-32(33)35(47)42-36(45)48-24-27-8-16-31(38)17-9-27/h6-17,25H,4-5,18-24H2,1-3H3/i4D2,5D2,6D,7D,10D,11D,12D,13D,14D,15D,20D2,21D2,22D2,25D. The Morgan fingerprint density at radius 1 is 1.02 bits per heavy atom. The SMILES string of the molecule is [2H]c1c([2H])c(C(F)(F)F)c([2H])c([2H])c1-c1c([2H])c([2H])c(C([2H])([2H])N(CCN(C([2H])([2H])C)C([2H])([2H])C)C(=O)Cn2c(SCc3ccc(F)cc3)nc(=O)c3c2C([2H])([2H])C([2H])(C)C3([2H])[2H])c([2H])c1[2H]. The third kappa shape index (κ3) is 8.73. The molecule has 1 aromatic heterocycles. The van der Waals surface area contributed by atoms with Gasteiger partial charge in [-0.3, -0.25) is 9.59 Å². The molecule has 1 unspecified atom stereocenters. The first-order valence-corrected chi connectivity index (χ1v) is 15.2. The highest BCUT2D eigenvalue weighted by Gasteiger charge is 2.30. The number of likely N-dealkylation sites (N-methyl/N-ethyl adjacent to an activating group) is 1. The summed E-state index contributed by atoms with van der Waals surface area (Å²) in [6.07, 6.45) is -11.6. The van der Waals surface area contributed by atoms with Crippen LogP contribution in [-0.4, -0.2) is 51.3 Å². The van der Waals surface area contributed by atoms with E-state index < -0.39 is 168 Å². The molecule has 1 atom stereocenters. The van der Waals surface area contributed by atoms with Crippen molar-refractivity contribution in [3.63, 3.8) is 0 Å². The summed E-state index contributed by atoms with van der Waals surface area (Å²) < 4.78 is 220. The van der Waals surface area contributed by atoms with Gasteiger partial charge in [-0.15, -0.1) is 0 Å². The molecule has 1 aliphatic carbocycles. The van der Waals surface area contributed by atoms with E-state index in [4.69, 9.17) is 23.3 Å². The molecule has 3 aromatic carbocycles. The highest BCUT2D eigenvalue weighted by Crippen LogP contribution is 2.32. The van der Waals surface area contributed by atoms with Crippen LogP contribution in [0.15, 0.2) is 82.6 Å². The fourth-order valence-electron chi connectivity index (χ4n) is 4.37. The second kappa shape index (κ2) is 15.5. The Kier molecular flexibility index (Phi) is 5.86. The van der Waals surface area contributed by atoms with E-state index in [-0.39, 0.29) is 10.7 Å². The summed E-state index contributed by atoms with van der Waals surface area (Å²) in [6, 6.07) is -6.59. The highest BCUT2D eigenvalue weighted by molar-refractivity contribution is 7.98. The predicted molar refractivity (Wildman–Crippen MR) is 181 cm³/mol. The van der Waals surface area contributed by atoms with Crippen LogP contribution in [0, 0.1) is 11.7 Å². The maximum absolute atomic E-state index is 14.9. The first-order chi connectivity index (χ1) is 30.3. The second-order valence-electron chi connectivity index (χ2n) is 10.1. The fourth-order valence-corrected chi connectivity index (χ4v) is 5.31. The van der Waals surface area contributed by atoms with Crippen LogP contribution in [0.5, 0.6) is 0 Å². The largest absolute Gasteiger partial charge is 0.416 e. The Labute approximate surface area is 309 Å². The van der Waals surface area contributed by atoms with Gasteiger partial charge in [0.05, 0.1) is 19.3 Å². The van der Waals surface area contributed by atoms with Crippen LogP contribution in [0.3, 0.4) is 0 Å². The minimum Gasteiger partial charge on any atom is -0.336 e. The number of fused-ring (bicyclic) bond motifs is 1. The Bertz CT molecular complexity index is 2640. The summed E-state index contributed by atoms with van der Waals surface area (Å²) in [4.78, 5) is 33.2. The van der Waals surface area contributed by atoms with Gasteiger partial charge in [0.2, 0.25) is 5.91 Å². The van der Waals surface area contributed by atoms with E-state index in [9.17, 15) is 29.9 Å². The van der Waals surface area contributed by atoms with Gasteiger partial charge in [-0.25, -0.2) is 4.39 Å². The van der Waals surface area contributed by atoms with Crippen molar-refractivity contribution in [1.29, 1.82) is 0 Å². The number of amides is 1. The number of carbonyl (C=O) groups is 1. The van der Waals surface area contributed by atoms with Crippen molar-refractivity contribution in [2.45, 2.75) is 63.6 Å². The molecule has 1 heterocycles. The smallest absolute Gasteiger partial charge is 0.336 e. The topological polar surface area (TPSA) is 58.4 Å². The first-order valence-electron chi connectivity index (χ1n) is 23.7. The van der Waals surface area contributed by atoms with Gasteiger partial charge in [-0.1, -0.05) is 80.9 Å². The Balaban J connectivity index is 1.78. The molecule has 0 N–H and O–H groups in total. The quantitative estimate of drug-likeness (QED) is 0.0824. The number of nitrogens with zero attached hydrogens (tertiary/aromatic N) is 4.